The lowest BCUT2D eigenvalue weighted by Gasteiger charge is -2.22. The Hall–Kier alpha value is -1.63. The lowest BCUT2D eigenvalue weighted by Crippen LogP contribution is -2.44. The van der Waals surface area contributed by atoms with E-state index in [-0.39, 0.29) is 6.42 Å². The highest BCUT2D eigenvalue weighted by molar-refractivity contribution is 9.10. The summed E-state index contributed by atoms with van der Waals surface area (Å²) in [5.74, 6) is -1.19. The van der Waals surface area contributed by atoms with Gasteiger partial charge in [0.1, 0.15) is 18.3 Å². The number of carboxylic acid groups (broad SMARTS) is 1. The van der Waals surface area contributed by atoms with E-state index in [1.807, 2.05) is 0 Å². The molecule has 0 heterocycles. The molecule has 0 radical (unpaired) electrons. The molecule has 0 spiro atoms. The summed E-state index contributed by atoms with van der Waals surface area (Å²) in [5.41, 5.74) is 0.320. The Morgan fingerprint density at radius 3 is 2.41 bits per heavy atom. The first-order chi connectivity index (χ1) is 10.1. The molecule has 1 amide bonds. The lowest BCUT2D eigenvalue weighted by atomic mass is 10.0. The topological polar surface area (TPSA) is 75.6 Å². The number of carbonyl (C=O) groups excluding carboxylic acids is 1. The second-order valence-electron chi connectivity index (χ2n) is 5.84. The monoisotopic (exact) mass is 375 g/mol. The Kier molecular flexibility index (Phi) is 6.34. The quantitative estimate of drug-likeness (QED) is 0.826. The number of hydrogen-bond acceptors (Lipinski definition) is 3. The van der Waals surface area contributed by atoms with E-state index in [1.54, 1.807) is 39.0 Å². The second-order valence-corrected chi connectivity index (χ2v) is 6.76. The van der Waals surface area contributed by atoms with Crippen molar-refractivity contribution in [1.82, 2.24) is 5.32 Å². The minimum atomic E-state index is -1.19. The van der Waals surface area contributed by atoms with Crippen molar-refractivity contribution in [3.05, 3.63) is 33.8 Å². The minimum absolute atomic E-state index is 0.0288. The van der Waals surface area contributed by atoms with Crippen molar-refractivity contribution in [2.24, 2.45) is 0 Å². The fourth-order valence-corrected chi connectivity index (χ4v) is 2.39. The summed E-state index contributed by atoms with van der Waals surface area (Å²) in [6.07, 6.45) is -0.776. The van der Waals surface area contributed by atoms with E-state index in [2.05, 4.69) is 21.2 Å². The zero-order valence-corrected chi connectivity index (χ0v) is 14.2. The van der Waals surface area contributed by atoms with Gasteiger partial charge in [-0.25, -0.2) is 14.0 Å². The van der Waals surface area contributed by atoms with E-state index >= 15 is 0 Å². The third-order valence-corrected chi connectivity index (χ3v) is 3.06. The molecule has 0 aliphatic heterocycles. The predicted octanol–water partition coefficient (Wildman–Crippen LogP) is 3.44. The maximum atomic E-state index is 12.8. The molecule has 122 valence electrons. The standard InChI is InChI=1S/C15H19BrFNO4/c1-15(2,3)22-14(21)18-12(13(19)20)7-9-4-10(8-17)6-11(16)5-9/h4-6,12H,7-8H2,1-3H3,(H,18,21)(H,19,20). The van der Waals surface area contributed by atoms with Crippen molar-refractivity contribution in [2.75, 3.05) is 0 Å². The summed E-state index contributed by atoms with van der Waals surface area (Å²) in [6, 6.07) is 3.71. The van der Waals surface area contributed by atoms with E-state index in [0.717, 1.165) is 0 Å². The summed E-state index contributed by atoms with van der Waals surface area (Å²) in [4.78, 5) is 23.0. The molecule has 0 saturated heterocycles. The Morgan fingerprint density at radius 1 is 1.32 bits per heavy atom. The SMILES string of the molecule is CC(C)(C)OC(=O)NC(Cc1cc(Br)cc(CF)c1)C(=O)O. The molecule has 22 heavy (non-hydrogen) atoms. The summed E-state index contributed by atoms with van der Waals surface area (Å²) in [7, 11) is 0. The molecule has 1 atom stereocenters. The van der Waals surface area contributed by atoms with Crippen molar-refractivity contribution in [2.45, 2.75) is 45.5 Å². The number of carboxylic acids is 1. The van der Waals surface area contributed by atoms with E-state index in [1.165, 1.54) is 0 Å². The number of hydrogen-bond donors (Lipinski definition) is 2. The van der Waals surface area contributed by atoms with Crippen LogP contribution in [0, 0.1) is 0 Å². The van der Waals surface area contributed by atoms with Crippen LogP contribution in [0.15, 0.2) is 22.7 Å². The normalized spacial score (nSPS) is 12.6. The Bertz CT molecular complexity index is 557. The van der Waals surface area contributed by atoms with Gasteiger partial charge in [-0.2, -0.15) is 0 Å². The molecule has 1 aromatic rings. The van der Waals surface area contributed by atoms with Gasteiger partial charge in [0, 0.05) is 10.9 Å². The van der Waals surface area contributed by atoms with E-state index in [4.69, 9.17) is 4.74 Å². The molecule has 0 aromatic heterocycles. The summed E-state index contributed by atoms with van der Waals surface area (Å²) in [5, 5.41) is 11.5. The van der Waals surface area contributed by atoms with Gasteiger partial charge >= 0.3 is 12.1 Å². The van der Waals surface area contributed by atoms with Gasteiger partial charge in [-0.3, -0.25) is 0 Å². The average molecular weight is 376 g/mol. The number of amides is 1. The molecule has 0 aliphatic rings. The summed E-state index contributed by atoms with van der Waals surface area (Å²) >= 11 is 3.25. The number of rotatable bonds is 5. The zero-order chi connectivity index (χ0) is 16.9. The molecule has 5 nitrogen and oxygen atoms in total. The predicted molar refractivity (Wildman–Crippen MR) is 83.5 cm³/mol. The van der Waals surface area contributed by atoms with Crippen molar-refractivity contribution in [3.63, 3.8) is 0 Å². The van der Waals surface area contributed by atoms with Gasteiger partial charge in [-0.1, -0.05) is 22.0 Å². The summed E-state index contributed by atoms with van der Waals surface area (Å²) in [6.45, 7) is 4.40. The number of alkyl carbamates (subject to hydrolysis) is 1. The number of carbonyl (C=O) groups is 2. The first-order valence-electron chi connectivity index (χ1n) is 6.67. The highest BCUT2D eigenvalue weighted by atomic mass is 79.9. The molecule has 0 aliphatic carbocycles. The van der Waals surface area contributed by atoms with Crippen molar-refractivity contribution >= 4 is 28.0 Å². The minimum Gasteiger partial charge on any atom is -0.480 e. The first-order valence-corrected chi connectivity index (χ1v) is 7.46. The third kappa shape index (κ3) is 6.43. The van der Waals surface area contributed by atoms with Crippen LogP contribution in [0.25, 0.3) is 0 Å². The molecule has 1 aromatic carbocycles. The molecule has 1 unspecified atom stereocenters. The number of nitrogens with one attached hydrogen (secondary N) is 1. The molecule has 7 heteroatoms. The van der Waals surface area contributed by atoms with E-state index < -0.39 is 30.4 Å². The molecule has 1 rings (SSSR count). The number of ether oxygens (including phenoxy) is 1. The Balaban J connectivity index is 2.83. The van der Waals surface area contributed by atoms with Gasteiger partial charge in [0.25, 0.3) is 0 Å². The number of benzene rings is 1. The average Bonchev–Trinajstić information content (AvgIpc) is 2.34. The highest BCUT2D eigenvalue weighted by Crippen LogP contribution is 2.18. The van der Waals surface area contributed by atoms with Crippen molar-refractivity contribution in [3.8, 4) is 0 Å². The number of aliphatic carboxylic acids is 1. The molecule has 0 saturated carbocycles. The van der Waals surface area contributed by atoms with Crippen LogP contribution in [0.5, 0.6) is 0 Å². The lowest BCUT2D eigenvalue weighted by molar-refractivity contribution is -0.139. The van der Waals surface area contributed by atoms with Gasteiger partial charge in [0.05, 0.1) is 0 Å². The van der Waals surface area contributed by atoms with Crippen LogP contribution >= 0.6 is 15.9 Å². The van der Waals surface area contributed by atoms with Gasteiger partial charge in [-0.05, 0) is 44.0 Å². The van der Waals surface area contributed by atoms with Crippen LogP contribution < -0.4 is 5.32 Å². The smallest absolute Gasteiger partial charge is 0.408 e. The van der Waals surface area contributed by atoms with Crippen molar-refractivity contribution in [1.29, 1.82) is 0 Å². The van der Waals surface area contributed by atoms with Gasteiger partial charge < -0.3 is 15.2 Å². The number of alkyl halides is 1. The number of halogens is 2. The van der Waals surface area contributed by atoms with Crippen LogP contribution in [-0.4, -0.2) is 28.8 Å². The third-order valence-electron chi connectivity index (χ3n) is 2.60. The van der Waals surface area contributed by atoms with E-state index in [9.17, 15) is 19.1 Å². The maximum Gasteiger partial charge on any atom is 0.408 e. The Labute approximate surface area is 137 Å². The van der Waals surface area contributed by atoms with Crippen LogP contribution in [-0.2, 0) is 22.6 Å². The maximum absolute atomic E-state index is 12.8. The van der Waals surface area contributed by atoms with Crippen LogP contribution in [0.4, 0.5) is 9.18 Å². The van der Waals surface area contributed by atoms with Gasteiger partial charge in [-0.15, -0.1) is 0 Å². The highest BCUT2D eigenvalue weighted by Gasteiger charge is 2.24. The van der Waals surface area contributed by atoms with Crippen LogP contribution in [0.1, 0.15) is 31.9 Å². The largest absolute Gasteiger partial charge is 0.480 e. The van der Waals surface area contributed by atoms with Gasteiger partial charge in [0.15, 0.2) is 0 Å². The van der Waals surface area contributed by atoms with E-state index in [0.29, 0.717) is 15.6 Å². The molecule has 0 bridgehead atoms. The summed E-state index contributed by atoms with van der Waals surface area (Å²) < 4.78 is 18.4. The molecule has 2 N–H and O–H groups in total. The van der Waals surface area contributed by atoms with Gasteiger partial charge in [0.2, 0.25) is 0 Å². The Morgan fingerprint density at radius 2 is 1.91 bits per heavy atom. The molecular weight excluding hydrogens is 357 g/mol. The molecule has 0 fully saturated rings. The zero-order valence-electron chi connectivity index (χ0n) is 12.7. The fourth-order valence-electron chi connectivity index (χ4n) is 1.80. The second kappa shape index (κ2) is 7.58. The first kappa shape index (κ1) is 18.4. The van der Waals surface area contributed by atoms with Crippen LogP contribution in [0.2, 0.25) is 0 Å². The molecular formula is C15H19BrFNO4. The van der Waals surface area contributed by atoms with Crippen molar-refractivity contribution < 1.29 is 23.8 Å². The fraction of sp³-hybridized carbons (Fsp3) is 0.467. The van der Waals surface area contributed by atoms with Crippen LogP contribution in [0.3, 0.4) is 0 Å².